The summed E-state index contributed by atoms with van der Waals surface area (Å²) in [6.45, 7) is 4.49. The van der Waals surface area contributed by atoms with E-state index in [0.29, 0.717) is 23.1 Å². The predicted octanol–water partition coefficient (Wildman–Crippen LogP) is 4.83. The van der Waals surface area contributed by atoms with E-state index < -0.39 is 36.1 Å². The number of benzene rings is 1. The molecule has 3 rings (SSSR count). The Bertz CT molecular complexity index is 1260. The first kappa shape index (κ1) is 35.5. The van der Waals surface area contributed by atoms with E-state index in [-0.39, 0.29) is 49.4 Å². The van der Waals surface area contributed by atoms with E-state index >= 15 is 0 Å². The summed E-state index contributed by atoms with van der Waals surface area (Å²) in [5, 5.41) is 3.65. The molecule has 0 spiro atoms. The third-order valence-corrected chi connectivity index (χ3v) is 7.61. The molecule has 0 bridgehead atoms. The lowest BCUT2D eigenvalue weighted by Crippen LogP contribution is -2.46. The van der Waals surface area contributed by atoms with Crippen LogP contribution in [0.25, 0.3) is 0 Å². The number of halogens is 2. The Morgan fingerprint density at radius 2 is 1.91 bits per heavy atom. The fourth-order valence-electron chi connectivity index (χ4n) is 4.73. The SMILES string of the molecule is CCCCCOC1C(Cc2ccc(Cl)cc2Cl)COCC(NC(=O)c2nccc(OC)c2OC(=O)CCOC)C(=O)OC1C. The van der Waals surface area contributed by atoms with Gasteiger partial charge in [-0.1, -0.05) is 49.0 Å². The van der Waals surface area contributed by atoms with Gasteiger partial charge in [0.05, 0.1) is 39.5 Å². The maximum Gasteiger partial charge on any atom is 0.331 e. The summed E-state index contributed by atoms with van der Waals surface area (Å²) in [5.74, 6) is -2.44. The van der Waals surface area contributed by atoms with Crippen molar-refractivity contribution in [3.05, 3.63) is 51.8 Å². The summed E-state index contributed by atoms with van der Waals surface area (Å²) in [6.07, 6.45) is 3.47. The molecule has 11 nitrogen and oxygen atoms in total. The van der Waals surface area contributed by atoms with Crippen molar-refractivity contribution in [1.82, 2.24) is 10.3 Å². The second-order valence-electron chi connectivity index (χ2n) is 10.4. The molecule has 242 valence electrons. The van der Waals surface area contributed by atoms with Crippen LogP contribution in [-0.2, 0) is 35.0 Å². The van der Waals surface area contributed by atoms with Crippen molar-refractivity contribution >= 4 is 41.0 Å². The molecule has 1 aliphatic heterocycles. The van der Waals surface area contributed by atoms with E-state index in [0.717, 1.165) is 24.8 Å². The van der Waals surface area contributed by atoms with Gasteiger partial charge in [0.25, 0.3) is 5.91 Å². The van der Waals surface area contributed by atoms with Gasteiger partial charge in [0.1, 0.15) is 6.10 Å². The lowest BCUT2D eigenvalue weighted by Gasteiger charge is -2.31. The number of unbranched alkanes of at least 4 members (excludes halogenated alkanes) is 2. The van der Waals surface area contributed by atoms with Crippen LogP contribution < -0.4 is 14.8 Å². The molecule has 4 atom stereocenters. The minimum atomic E-state index is -1.19. The normalized spacial score (nSPS) is 20.5. The molecule has 13 heteroatoms. The highest BCUT2D eigenvalue weighted by atomic mass is 35.5. The van der Waals surface area contributed by atoms with Gasteiger partial charge >= 0.3 is 11.9 Å². The fourth-order valence-corrected chi connectivity index (χ4v) is 5.22. The molecule has 1 saturated heterocycles. The summed E-state index contributed by atoms with van der Waals surface area (Å²) in [5.41, 5.74) is 0.606. The summed E-state index contributed by atoms with van der Waals surface area (Å²) < 4.78 is 33.7. The van der Waals surface area contributed by atoms with Crippen LogP contribution in [0.5, 0.6) is 11.5 Å². The molecule has 0 aliphatic carbocycles. The topological polar surface area (TPSA) is 132 Å². The van der Waals surface area contributed by atoms with Crippen LogP contribution in [0.4, 0.5) is 0 Å². The highest BCUT2D eigenvalue weighted by Gasteiger charge is 2.36. The molecule has 0 saturated carbocycles. The number of hydrogen-bond acceptors (Lipinski definition) is 10. The van der Waals surface area contributed by atoms with Gasteiger partial charge in [0, 0.05) is 41.9 Å². The number of amides is 1. The molecule has 4 unspecified atom stereocenters. The van der Waals surface area contributed by atoms with Crippen molar-refractivity contribution in [2.45, 2.75) is 64.2 Å². The van der Waals surface area contributed by atoms with E-state index in [1.54, 1.807) is 19.1 Å². The number of rotatable bonds is 14. The summed E-state index contributed by atoms with van der Waals surface area (Å²) >= 11 is 12.6. The smallest absolute Gasteiger partial charge is 0.331 e. The Labute approximate surface area is 267 Å². The molecule has 44 heavy (non-hydrogen) atoms. The maximum absolute atomic E-state index is 13.4. The Morgan fingerprint density at radius 1 is 1.11 bits per heavy atom. The molecule has 2 heterocycles. The monoisotopic (exact) mass is 654 g/mol. The van der Waals surface area contributed by atoms with Crippen molar-refractivity contribution in [3.63, 3.8) is 0 Å². The number of methoxy groups -OCH3 is 2. The minimum Gasteiger partial charge on any atom is -0.493 e. The van der Waals surface area contributed by atoms with E-state index in [1.165, 1.54) is 26.5 Å². The largest absolute Gasteiger partial charge is 0.493 e. The first-order valence-corrected chi connectivity index (χ1v) is 15.3. The van der Waals surface area contributed by atoms with E-state index in [2.05, 4.69) is 17.2 Å². The highest BCUT2D eigenvalue weighted by molar-refractivity contribution is 6.35. The number of ether oxygens (including phenoxy) is 6. The van der Waals surface area contributed by atoms with E-state index in [1.807, 2.05) is 6.07 Å². The highest BCUT2D eigenvalue weighted by Crippen LogP contribution is 2.31. The van der Waals surface area contributed by atoms with Gasteiger partial charge < -0.3 is 33.7 Å². The average Bonchev–Trinajstić information content (AvgIpc) is 3.04. The number of esters is 2. The zero-order valence-corrected chi connectivity index (χ0v) is 26.9. The van der Waals surface area contributed by atoms with Crippen LogP contribution in [0.3, 0.4) is 0 Å². The summed E-state index contributed by atoms with van der Waals surface area (Å²) in [7, 11) is 2.81. The Hall–Kier alpha value is -2.96. The standard InChI is InChI=1S/C31H40Cl2N2O9/c1-5-6-7-13-42-28-19(2)43-31(38)24(18-41-17-21(28)15-20-8-9-22(32)16-23(20)33)35-30(37)27-29(25(40-4)10-12-34-27)44-26(36)11-14-39-3/h8-10,12,16,19,21,24,28H,5-7,11,13-15,17-18H2,1-4H3,(H,35,37). The lowest BCUT2D eigenvalue weighted by atomic mass is 9.91. The molecule has 1 N–H and O–H groups in total. The number of carbonyl (C=O) groups excluding carboxylic acids is 3. The van der Waals surface area contributed by atoms with Crippen LogP contribution in [-0.4, -0.2) is 81.7 Å². The van der Waals surface area contributed by atoms with Crippen LogP contribution in [0.15, 0.2) is 30.5 Å². The van der Waals surface area contributed by atoms with Crippen molar-refractivity contribution < 1.29 is 42.8 Å². The summed E-state index contributed by atoms with van der Waals surface area (Å²) in [4.78, 5) is 43.1. The van der Waals surface area contributed by atoms with Gasteiger partial charge in [-0.3, -0.25) is 9.59 Å². The number of hydrogen-bond donors (Lipinski definition) is 1. The molecular weight excluding hydrogens is 615 g/mol. The molecule has 1 fully saturated rings. The minimum absolute atomic E-state index is 0.0552. The molecular formula is C31H40Cl2N2O9. The maximum atomic E-state index is 13.4. The van der Waals surface area contributed by atoms with Crippen molar-refractivity contribution in [2.24, 2.45) is 5.92 Å². The molecule has 2 aromatic rings. The van der Waals surface area contributed by atoms with Crippen molar-refractivity contribution in [1.29, 1.82) is 0 Å². The van der Waals surface area contributed by atoms with Gasteiger partial charge in [0.2, 0.25) is 5.75 Å². The number of cyclic esters (lactones) is 1. The van der Waals surface area contributed by atoms with Crippen LogP contribution >= 0.6 is 23.2 Å². The third kappa shape index (κ3) is 10.3. The predicted molar refractivity (Wildman–Crippen MR) is 163 cm³/mol. The number of carbonyl (C=O) groups is 3. The fraction of sp³-hybridized carbons (Fsp3) is 0.548. The first-order chi connectivity index (χ1) is 21.2. The number of nitrogens with one attached hydrogen (secondary N) is 1. The van der Waals surface area contributed by atoms with Crippen LogP contribution in [0, 0.1) is 5.92 Å². The number of nitrogens with zero attached hydrogens (tertiary/aromatic N) is 1. The zero-order valence-electron chi connectivity index (χ0n) is 25.4. The van der Waals surface area contributed by atoms with Gasteiger partial charge in [-0.25, -0.2) is 9.78 Å². The van der Waals surface area contributed by atoms with Crippen molar-refractivity contribution in [3.8, 4) is 11.5 Å². The van der Waals surface area contributed by atoms with Gasteiger partial charge in [-0.2, -0.15) is 0 Å². The molecule has 1 aromatic heterocycles. The average molecular weight is 656 g/mol. The molecule has 1 amide bonds. The number of pyridine rings is 1. The second kappa shape index (κ2) is 18.1. The quantitative estimate of drug-likeness (QED) is 0.223. The van der Waals surface area contributed by atoms with Crippen LogP contribution in [0.2, 0.25) is 10.0 Å². The van der Waals surface area contributed by atoms with Gasteiger partial charge in [0.15, 0.2) is 17.5 Å². The second-order valence-corrected chi connectivity index (χ2v) is 11.2. The first-order valence-electron chi connectivity index (χ1n) is 14.6. The lowest BCUT2D eigenvalue weighted by molar-refractivity contribution is -0.160. The van der Waals surface area contributed by atoms with E-state index in [9.17, 15) is 14.4 Å². The molecule has 1 aliphatic rings. The number of aromatic nitrogens is 1. The van der Waals surface area contributed by atoms with Gasteiger partial charge in [-0.15, -0.1) is 0 Å². The van der Waals surface area contributed by atoms with Gasteiger partial charge in [-0.05, 0) is 37.5 Å². The Morgan fingerprint density at radius 3 is 2.61 bits per heavy atom. The molecule has 1 aromatic carbocycles. The molecule has 0 radical (unpaired) electrons. The third-order valence-electron chi connectivity index (χ3n) is 7.02. The van der Waals surface area contributed by atoms with Crippen molar-refractivity contribution in [2.75, 3.05) is 40.6 Å². The Kier molecular flexibility index (Phi) is 14.6. The van der Waals surface area contributed by atoms with Crippen LogP contribution in [0.1, 0.15) is 55.6 Å². The van der Waals surface area contributed by atoms with E-state index in [4.69, 9.17) is 51.6 Å². The summed E-state index contributed by atoms with van der Waals surface area (Å²) in [6, 6.07) is 5.55. The zero-order chi connectivity index (χ0) is 32.1. The Balaban J connectivity index is 1.81.